The van der Waals surface area contributed by atoms with E-state index in [0.717, 1.165) is 22.5 Å². The highest BCUT2D eigenvalue weighted by atomic mass is 19.1. The molecule has 4 heteroatoms. The molecule has 0 saturated carbocycles. The van der Waals surface area contributed by atoms with Crippen molar-refractivity contribution in [1.29, 1.82) is 0 Å². The molecule has 0 radical (unpaired) electrons. The quantitative estimate of drug-likeness (QED) is 0.372. The first-order valence-corrected chi connectivity index (χ1v) is 9.35. The molecule has 3 nitrogen and oxygen atoms in total. The number of nitrogens with one attached hydrogen (secondary N) is 1. The Bertz CT molecular complexity index is 1200. The van der Waals surface area contributed by atoms with Gasteiger partial charge in [0.25, 0.3) is 0 Å². The van der Waals surface area contributed by atoms with Gasteiger partial charge in [-0.15, -0.1) is 0 Å². The molecule has 0 amide bonds. The van der Waals surface area contributed by atoms with Crippen LogP contribution < -0.4 is 0 Å². The zero-order valence-corrected chi connectivity index (χ0v) is 15.5. The van der Waals surface area contributed by atoms with E-state index in [0.29, 0.717) is 22.9 Å². The molecule has 0 saturated heterocycles. The van der Waals surface area contributed by atoms with E-state index in [9.17, 15) is 4.39 Å². The summed E-state index contributed by atoms with van der Waals surface area (Å²) in [6.45, 7) is 0. The van der Waals surface area contributed by atoms with Crippen LogP contribution in [-0.2, 0) is 0 Å². The van der Waals surface area contributed by atoms with Gasteiger partial charge < -0.3 is 9.40 Å². The lowest BCUT2D eigenvalue weighted by Gasteiger charge is -2.02. The van der Waals surface area contributed by atoms with Crippen LogP contribution in [0.15, 0.2) is 101 Å². The molecule has 2 aromatic heterocycles. The fraction of sp³-hybridized carbons (Fsp3) is 0. The Balaban J connectivity index is 1.62. The molecule has 2 heterocycles. The molecule has 140 valence electrons. The van der Waals surface area contributed by atoms with Crippen molar-refractivity contribution in [2.24, 2.45) is 0 Å². The van der Waals surface area contributed by atoms with Crippen LogP contribution in [0.2, 0.25) is 0 Å². The SMILES string of the molecule is Fc1ccccc1-c1ccc(-c2nc(-c3ccccc3)c(-c3ccccc3)[nH]2)o1. The minimum absolute atomic E-state index is 0.317. The Morgan fingerprint density at radius 1 is 0.655 bits per heavy atom. The maximum Gasteiger partial charge on any atom is 0.174 e. The van der Waals surface area contributed by atoms with Crippen LogP contribution in [0.1, 0.15) is 0 Å². The van der Waals surface area contributed by atoms with Crippen LogP contribution in [-0.4, -0.2) is 9.97 Å². The first-order chi connectivity index (χ1) is 14.3. The minimum atomic E-state index is -0.317. The van der Waals surface area contributed by atoms with E-state index in [-0.39, 0.29) is 5.82 Å². The zero-order valence-electron chi connectivity index (χ0n) is 15.5. The number of benzene rings is 3. The number of hydrogen-bond acceptors (Lipinski definition) is 2. The summed E-state index contributed by atoms with van der Waals surface area (Å²) in [7, 11) is 0. The second kappa shape index (κ2) is 7.24. The van der Waals surface area contributed by atoms with E-state index >= 15 is 0 Å². The van der Waals surface area contributed by atoms with Gasteiger partial charge in [0.1, 0.15) is 11.6 Å². The van der Waals surface area contributed by atoms with Gasteiger partial charge in [-0.3, -0.25) is 0 Å². The molecule has 0 spiro atoms. The van der Waals surface area contributed by atoms with Gasteiger partial charge in [-0.25, -0.2) is 9.37 Å². The van der Waals surface area contributed by atoms with Crippen LogP contribution in [0.3, 0.4) is 0 Å². The first kappa shape index (κ1) is 17.2. The Kier molecular flexibility index (Phi) is 4.30. The molecule has 0 bridgehead atoms. The Morgan fingerprint density at radius 2 is 1.28 bits per heavy atom. The van der Waals surface area contributed by atoms with Crippen LogP contribution >= 0.6 is 0 Å². The molecule has 0 aliphatic heterocycles. The monoisotopic (exact) mass is 380 g/mol. The van der Waals surface area contributed by atoms with E-state index < -0.39 is 0 Å². The number of aromatic amines is 1. The smallest absolute Gasteiger partial charge is 0.174 e. The molecular weight excluding hydrogens is 363 g/mol. The van der Waals surface area contributed by atoms with Crippen molar-refractivity contribution in [3.05, 3.63) is 103 Å². The minimum Gasteiger partial charge on any atom is -0.453 e. The number of nitrogens with zero attached hydrogens (tertiary/aromatic N) is 1. The fourth-order valence-corrected chi connectivity index (χ4v) is 3.38. The van der Waals surface area contributed by atoms with Crippen molar-refractivity contribution >= 4 is 0 Å². The molecule has 0 aliphatic carbocycles. The lowest BCUT2D eigenvalue weighted by Crippen LogP contribution is -1.82. The van der Waals surface area contributed by atoms with Crippen molar-refractivity contribution in [2.45, 2.75) is 0 Å². The van der Waals surface area contributed by atoms with Crippen LogP contribution in [0.25, 0.3) is 45.4 Å². The number of aromatic nitrogens is 2. The third-order valence-electron chi connectivity index (χ3n) is 4.79. The summed E-state index contributed by atoms with van der Waals surface area (Å²) < 4.78 is 20.1. The normalized spacial score (nSPS) is 10.9. The summed E-state index contributed by atoms with van der Waals surface area (Å²) in [5.74, 6) is 1.31. The molecule has 0 atom stereocenters. The van der Waals surface area contributed by atoms with E-state index in [1.165, 1.54) is 6.07 Å². The summed E-state index contributed by atoms with van der Waals surface area (Å²) in [6.07, 6.45) is 0. The van der Waals surface area contributed by atoms with Gasteiger partial charge in [0, 0.05) is 11.1 Å². The van der Waals surface area contributed by atoms with E-state index in [1.54, 1.807) is 24.3 Å². The maximum atomic E-state index is 14.1. The second-order valence-corrected chi connectivity index (χ2v) is 6.68. The summed E-state index contributed by atoms with van der Waals surface area (Å²) >= 11 is 0. The molecule has 5 aromatic rings. The lowest BCUT2D eigenvalue weighted by molar-refractivity contribution is 0.578. The number of imidazole rings is 1. The Hall–Kier alpha value is -3.92. The summed E-state index contributed by atoms with van der Waals surface area (Å²) in [5, 5.41) is 0. The predicted octanol–water partition coefficient (Wildman–Crippen LogP) is 6.81. The van der Waals surface area contributed by atoms with Gasteiger partial charge in [0.2, 0.25) is 0 Å². The van der Waals surface area contributed by atoms with E-state index in [1.807, 2.05) is 66.7 Å². The van der Waals surface area contributed by atoms with Gasteiger partial charge in [0.05, 0.1) is 17.0 Å². The van der Waals surface area contributed by atoms with Gasteiger partial charge in [-0.2, -0.15) is 0 Å². The molecule has 29 heavy (non-hydrogen) atoms. The largest absolute Gasteiger partial charge is 0.453 e. The standard InChI is InChI=1S/C25H17FN2O/c26-20-14-8-7-13-19(20)21-15-16-22(29-21)25-27-23(17-9-3-1-4-10-17)24(28-25)18-11-5-2-6-12-18/h1-16H,(H,27,28). The van der Waals surface area contributed by atoms with Crippen molar-refractivity contribution < 1.29 is 8.81 Å². The molecular formula is C25H17FN2O. The highest BCUT2D eigenvalue weighted by Gasteiger charge is 2.18. The van der Waals surface area contributed by atoms with Crippen molar-refractivity contribution in [3.8, 4) is 45.4 Å². The van der Waals surface area contributed by atoms with Crippen LogP contribution in [0.5, 0.6) is 0 Å². The summed E-state index contributed by atoms with van der Waals surface area (Å²) in [5.41, 5.74) is 4.23. The topological polar surface area (TPSA) is 41.8 Å². The van der Waals surface area contributed by atoms with Gasteiger partial charge in [-0.1, -0.05) is 72.8 Å². The first-order valence-electron chi connectivity index (χ1n) is 9.35. The third kappa shape index (κ3) is 3.25. The van der Waals surface area contributed by atoms with Crippen molar-refractivity contribution in [3.63, 3.8) is 0 Å². The summed E-state index contributed by atoms with van der Waals surface area (Å²) in [6, 6.07) is 30.2. The number of H-pyrrole nitrogens is 1. The van der Waals surface area contributed by atoms with Crippen molar-refractivity contribution in [1.82, 2.24) is 9.97 Å². The number of hydrogen-bond donors (Lipinski definition) is 1. The molecule has 3 aromatic carbocycles. The van der Waals surface area contributed by atoms with E-state index in [4.69, 9.17) is 9.40 Å². The average molecular weight is 380 g/mol. The predicted molar refractivity (Wildman–Crippen MR) is 113 cm³/mol. The Morgan fingerprint density at radius 3 is 2.00 bits per heavy atom. The highest BCUT2D eigenvalue weighted by Crippen LogP contribution is 2.35. The molecule has 5 rings (SSSR count). The zero-order chi connectivity index (χ0) is 19.6. The Labute approximate surface area is 167 Å². The van der Waals surface area contributed by atoms with Gasteiger partial charge in [-0.05, 0) is 24.3 Å². The number of furan rings is 1. The molecule has 0 aliphatic rings. The van der Waals surface area contributed by atoms with Gasteiger partial charge in [0.15, 0.2) is 11.6 Å². The average Bonchev–Trinajstić information content (AvgIpc) is 3.43. The molecule has 0 fully saturated rings. The highest BCUT2D eigenvalue weighted by molar-refractivity contribution is 5.80. The number of rotatable bonds is 4. The third-order valence-corrected chi connectivity index (χ3v) is 4.79. The maximum absolute atomic E-state index is 14.1. The summed E-state index contributed by atoms with van der Waals surface area (Å²) in [4.78, 5) is 8.21. The number of halogens is 1. The lowest BCUT2D eigenvalue weighted by atomic mass is 10.1. The fourth-order valence-electron chi connectivity index (χ4n) is 3.38. The van der Waals surface area contributed by atoms with E-state index in [2.05, 4.69) is 4.98 Å². The van der Waals surface area contributed by atoms with Crippen molar-refractivity contribution in [2.75, 3.05) is 0 Å². The van der Waals surface area contributed by atoms with Crippen LogP contribution in [0, 0.1) is 5.82 Å². The van der Waals surface area contributed by atoms with Gasteiger partial charge >= 0.3 is 0 Å². The van der Waals surface area contributed by atoms with Crippen LogP contribution in [0.4, 0.5) is 4.39 Å². The molecule has 1 N–H and O–H groups in total. The second-order valence-electron chi connectivity index (χ2n) is 6.68. The molecule has 0 unspecified atom stereocenters.